The van der Waals surface area contributed by atoms with Crippen LogP contribution in [0.2, 0.25) is 0 Å². The summed E-state index contributed by atoms with van der Waals surface area (Å²) in [5.74, 6) is 2.49. The molecule has 2 aromatic rings. The van der Waals surface area contributed by atoms with Crippen LogP contribution in [0.1, 0.15) is 24.5 Å². The quantitative estimate of drug-likeness (QED) is 0.774. The SMILES string of the molecule is CCOc1ccc(CN(C)C(=O)CCc2ccc3c(c2)OCO3)cc1. The van der Waals surface area contributed by atoms with E-state index >= 15 is 0 Å². The van der Waals surface area contributed by atoms with Gasteiger partial charge in [-0.15, -0.1) is 0 Å². The number of benzene rings is 2. The van der Waals surface area contributed by atoms with E-state index in [1.54, 1.807) is 4.90 Å². The molecule has 0 fully saturated rings. The molecule has 1 aliphatic heterocycles. The summed E-state index contributed by atoms with van der Waals surface area (Å²) >= 11 is 0. The zero-order valence-corrected chi connectivity index (χ0v) is 14.7. The summed E-state index contributed by atoms with van der Waals surface area (Å²) in [6, 6.07) is 13.7. The van der Waals surface area contributed by atoms with Crippen molar-refractivity contribution in [2.75, 3.05) is 20.4 Å². The van der Waals surface area contributed by atoms with E-state index < -0.39 is 0 Å². The van der Waals surface area contributed by atoms with Crippen LogP contribution >= 0.6 is 0 Å². The molecule has 0 aliphatic carbocycles. The molecule has 5 nitrogen and oxygen atoms in total. The minimum absolute atomic E-state index is 0.117. The number of fused-ring (bicyclic) bond motifs is 1. The van der Waals surface area contributed by atoms with Gasteiger partial charge in [0.25, 0.3) is 0 Å². The first-order valence-electron chi connectivity index (χ1n) is 8.50. The van der Waals surface area contributed by atoms with E-state index in [0.29, 0.717) is 26.0 Å². The average Bonchev–Trinajstić information content (AvgIpc) is 3.09. The molecule has 0 saturated carbocycles. The summed E-state index contributed by atoms with van der Waals surface area (Å²) in [6.07, 6.45) is 1.15. The highest BCUT2D eigenvalue weighted by Gasteiger charge is 2.14. The molecule has 0 atom stereocenters. The second-order valence-corrected chi connectivity index (χ2v) is 6.01. The number of carbonyl (C=O) groups excluding carboxylic acids is 1. The number of aryl methyl sites for hydroxylation is 1. The van der Waals surface area contributed by atoms with Gasteiger partial charge in [-0.05, 0) is 48.7 Å². The Morgan fingerprint density at radius 2 is 1.80 bits per heavy atom. The molecule has 25 heavy (non-hydrogen) atoms. The minimum atomic E-state index is 0.117. The highest BCUT2D eigenvalue weighted by atomic mass is 16.7. The fourth-order valence-electron chi connectivity index (χ4n) is 2.76. The molecule has 1 heterocycles. The van der Waals surface area contributed by atoms with Gasteiger partial charge < -0.3 is 19.1 Å². The zero-order valence-electron chi connectivity index (χ0n) is 14.7. The molecule has 5 heteroatoms. The Balaban J connectivity index is 1.50. The Morgan fingerprint density at radius 1 is 1.08 bits per heavy atom. The van der Waals surface area contributed by atoms with Crippen molar-refractivity contribution in [2.45, 2.75) is 26.3 Å². The van der Waals surface area contributed by atoms with Crippen LogP contribution < -0.4 is 14.2 Å². The molecule has 0 unspecified atom stereocenters. The van der Waals surface area contributed by atoms with Gasteiger partial charge in [0.15, 0.2) is 11.5 Å². The third-order valence-corrected chi connectivity index (χ3v) is 4.14. The Kier molecular flexibility index (Phi) is 5.43. The van der Waals surface area contributed by atoms with E-state index in [2.05, 4.69) is 0 Å². The van der Waals surface area contributed by atoms with Crippen molar-refractivity contribution in [3.8, 4) is 17.2 Å². The van der Waals surface area contributed by atoms with E-state index in [1.807, 2.05) is 56.4 Å². The normalized spacial score (nSPS) is 12.1. The van der Waals surface area contributed by atoms with Gasteiger partial charge in [-0.3, -0.25) is 4.79 Å². The average molecular weight is 341 g/mol. The van der Waals surface area contributed by atoms with Crippen LogP contribution in [0.15, 0.2) is 42.5 Å². The third kappa shape index (κ3) is 4.44. The van der Waals surface area contributed by atoms with Gasteiger partial charge in [-0.1, -0.05) is 18.2 Å². The lowest BCUT2D eigenvalue weighted by atomic mass is 10.1. The summed E-state index contributed by atoms with van der Waals surface area (Å²) in [5, 5.41) is 0. The maximum absolute atomic E-state index is 12.4. The van der Waals surface area contributed by atoms with E-state index in [1.165, 1.54) is 0 Å². The van der Waals surface area contributed by atoms with Gasteiger partial charge in [-0.2, -0.15) is 0 Å². The van der Waals surface area contributed by atoms with Gasteiger partial charge in [0, 0.05) is 20.0 Å². The summed E-state index contributed by atoms with van der Waals surface area (Å²) in [4.78, 5) is 14.1. The van der Waals surface area contributed by atoms with Crippen molar-refractivity contribution in [3.05, 3.63) is 53.6 Å². The largest absolute Gasteiger partial charge is 0.494 e. The monoisotopic (exact) mass is 341 g/mol. The smallest absolute Gasteiger partial charge is 0.231 e. The van der Waals surface area contributed by atoms with Crippen molar-refractivity contribution >= 4 is 5.91 Å². The fourth-order valence-corrected chi connectivity index (χ4v) is 2.76. The van der Waals surface area contributed by atoms with Crippen LogP contribution in [0.4, 0.5) is 0 Å². The first-order chi connectivity index (χ1) is 12.2. The van der Waals surface area contributed by atoms with Crippen LogP contribution in [0.5, 0.6) is 17.2 Å². The number of amides is 1. The molecular formula is C20H23NO4. The van der Waals surface area contributed by atoms with Crippen LogP contribution in [-0.4, -0.2) is 31.3 Å². The van der Waals surface area contributed by atoms with Crippen molar-refractivity contribution in [2.24, 2.45) is 0 Å². The van der Waals surface area contributed by atoms with Gasteiger partial charge in [0.05, 0.1) is 6.61 Å². The number of ether oxygens (including phenoxy) is 3. The Morgan fingerprint density at radius 3 is 2.56 bits per heavy atom. The fraction of sp³-hybridized carbons (Fsp3) is 0.350. The first kappa shape index (κ1) is 17.1. The predicted molar refractivity (Wildman–Crippen MR) is 95.0 cm³/mol. The standard InChI is InChI=1S/C20H23NO4/c1-3-23-17-8-4-16(5-9-17)13-21(2)20(22)11-7-15-6-10-18-19(12-15)25-14-24-18/h4-6,8-10,12H,3,7,11,13-14H2,1-2H3. The second kappa shape index (κ2) is 7.92. The third-order valence-electron chi connectivity index (χ3n) is 4.14. The molecule has 132 valence electrons. The number of rotatable bonds is 7. The molecule has 0 spiro atoms. The van der Waals surface area contributed by atoms with Gasteiger partial charge in [0.2, 0.25) is 12.7 Å². The highest BCUT2D eigenvalue weighted by Crippen LogP contribution is 2.32. The minimum Gasteiger partial charge on any atom is -0.494 e. The molecule has 0 radical (unpaired) electrons. The van der Waals surface area contributed by atoms with Crippen LogP contribution in [0.25, 0.3) is 0 Å². The molecule has 2 aromatic carbocycles. The number of carbonyl (C=O) groups is 1. The molecule has 1 aliphatic rings. The first-order valence-corrected chi connectivity index (χ1v) is 8.50. The maximum atomic E-state index is 12.4. The van der Waals surface area contributed by atoms with Crippen molar-refractivity contribution in [1.29, 1.82) is 0 Å². The molecule has 0 aromatic heterocycles. The van der Waals surface area contributed by atoms with Gasteiger partial charge in [0.1, 0.15) is 5.75 Å². The van der Waals surface area contributed by atoms with Crippen LogP contribution in [-0.2, 0) is 17.8 Å². The molecular weight excluding hydrogens is 318 g/mol. The topological polar surface area (TPSA) is 48.0 Å². The maximum Gasteiger partial charge on any atom is 0.231 e. The van der Waals surface area contributed by atoms with E-state index in [0.717, 1.165) is 28.4 Å². The summed E-state index contributed by atoms with van der Waals surface area (Å²) < 4.78 is 16.1. The molecule has 0 saturated heterocycles. The van der Waals surface area contributed by atoms with Crippen molar-refractivity contribution < 1.29 is 19.0 Å². The lowest BCUT2D eigenvalue weighted by Crippen LogP contribution is -2.26. The Hall–Kier alpha value is -2.69. The number of nitrogens with zero attached hydrogens (tertiary/aromatic N) is 1. The van der Waals surface area contributed by atoms with E-state index in [-0.39, 0.29) is 12.7 Å². The number of hydrogen-bond donors (Lipinski definition) is 0. The predicted octanol–water partition coefficient (Wildman–Crippen LogP) is 3.41. The Bertz CT molecular complexity index is 727. The van der Waals surface area contributed by atoms with E-state index in [9.17, 15) is 4.79 Å². The molecule has 1 amide bonds. The zero-order chi connectivity index (χ0) is 17.6. The van der Waals surface area contributed by atoms with Gasteiger partial charge in [-0.25, -0.2) is 0 Å². The lowest BCUT2D eigenvalue weighted by molar-refractivity contribution is -0.130. The van der Waals surface area contributed by atoms with Gasteiger partial charge >= 0.3 is 0 Å². The molecule has 0 bridgehead atoms. The van der Waals surface area contributed by atoms with Crippen molar-refractivity contribution in [3.63, 3.8) is 0 Å². The Labute approximate surface area is 148 Å². The highest BCUT2D eigenvalue weighted by molar-refractivity contribution is 5.76. The lowest BCUT2D eigenvalue weighted by Gasteiger charge is -2.17. The summed E-state index contributed by atoms with van der Waals surface area (Å²) in [7, 11) is 1.83. The van der Waals surface area contributed by atoms with Crippen molar-refractivity contribution in [1.82, 2.24) is 4.90 Å². The second-order valence-electron chi connectivity index (χ2n) is 6.01. The van der Waals surface area contributed by atoms with Crippen LogP contribution in [0.3, 0.4) is 0 Å². The molecule has 0 N–H and O–H groups in total. The van der Waals surface area contributed by atoms with Crippen LogP contribution in [0, 0.1) is 0 Å². The summed E-state index contributed by atoms with van der Waals surface area (Å²) in [5.41, 5.74) is 2.16. The summed E-state index contributed by atoms with van der Waals surface area (Å²) in [6.45, 7) is 3.47. The number of hydrogen-bond acceptors (Lipinski definition) is 4. The van der Waals surface area contributed by atoms with E-state index in [4.69, 9.17) is 14.2 Å². The molecule has 3 rings (SSSR count).